The fourth-order valence-corrected chi connectivity index (χ4v) is 3.37. The maximum Gasteiger partial charge on any atom is 0.323 e. The molecule has 0 spiro atoms. The molecule has 0 fully saturated rings. The molecule has 1 aliphatic rings. The highest BCUT2D eigenvalue weighted by molar-refractivity contribution is 7.90. The molecule has 116 valence electrons. The van der Waals surface area contributed by atoms with Crippen LogP contribution < -0.4 is 9.47 Å². The van der Waals surface area contributed by atoms with Crippen molar-refractivity contribution in [1.82, 2.24) is 4.31 Å². The standard InChI is InChI=1S/C13H17NO6S/c1-3-14(21(17,18)9(2)13(15)16)7-10-4-5-11-12(6-10)20-8-19-11/h4-6,9H,3,7-8H2,1-2H3,(H,15,16). The van der Waals surface area contributed by atoms with E-state index in [0.29, 0.717) is 17.1 Å². The van der Waals surface area contributed by atoms with Crippen LogP contribution in [0.1, 0.15) is 19.4 Å². The van der Waals surface area contributed by atoms with Crippen LogP contribution in [0, 0.1) is 0 Å². The van der Waals surface area contributed by atoms with Crippen LogP contribution in [0.5, 0.6) is 11.5 Å². The molecule has 0 amide bonds. The Bertz CT molecular complexity index is 642. The van der Waals surface area contributed by atoms with Gasteiger partial charge in [0.1, 0.15) is 0 Å². The molecule has 0 bridgehead atoms. The Morgan fingerprint density at radius 1 is 1.38 bits per heavy atom. The van der Waals surface area contributed by atoms with Gasteiger partial charge in [0.25, 0.3) is 0 Å². The van der Waals surface area contributed by atoms with Gasteiger partial charge in [0.15, 0.2) is 16.7 Å². The largest absolute Gasteiger partial charge is 0.480 e. The summed E-state index contributed by atoms with van der Waals surface area (Å²) < 4.78 is 36.0. The molecule has 1 N–H and O–H groups in total. The lowest BCUT2D eigenvalue weighted by Gasteiger charge is -2.22. The Kier molecular flexibility index (Phi) is 4.38. The number of rotatable bonds is 6. The molecule has 1 aliphatic heterocycles. The average molecular weight is 315 g/mol. The highest BCUT2D eigenvalue weighted by atomic mass is 32.2. The lowest BCUT2D eigenvalue weighted by atomic mass is 10.2. The third kappa shape index (κ3) is 3.11. The molecule has 2 rings (SSSR count). The maximum absolute atomic E-state index is 12.2. The number of hydrogen-bond donors (Lipinski definition) is 1. The van der Waals surface area contributed by atoms with Gasteiger partial charge in [-0.15, -0.1) is 0 Å². The number of fused-ring (bicyclic) bond motifs is 1. The normalized spacial score (nSPS) is 15.2. The minimum Gasteiger partial charge on any atom is -0.480 e. The minimum absolute atomic E-state index is 0.0904. The van der Waals surface area contributed by atoms with Crippen molar-refractivity contribution in [2.45, 2.75) is 25.6 Å². The number of carboxylic acids is 1. The lowest BCUT2D eigenvalue weighted by molar-refractivity contribution is -0.136. The zero-order valence-electron chi connectivity index (χ0n) is 11.8. The van der Waals surface area contributed by atoms with Crippen LogP contribution in [0.3, 0.4) is 0 Å². The summed E-state index contributed by atoms with van der Waals surface area (Å²) in [6.45, 7) is 3.26. The Balaban J connectivity index is 2.21. The number of sulfonamides is 1. The van der Waals surface area contributed by atoms with Gasteiger partial charge in [0.2, 0.25) is 16.8 Å². The molecule has 0 aromatic heterocycles. The molecule has 1 aromatic carbocycles. The highest BCUT2D eigenvalue weighted by Crippen LogP contribution is 2.33. The third-order valence-electron chi connectivity index (χ3n) is 3.30. The zero-order chi connectivity index (χ0) is 15.6. The summed E-state index contributed by atoms with van der Waals surface area (Å²) in [5, 5.41) is 7.43. The second kappa shape index (κ2) is 5.90. The van der Waals surface area contributed by atoms with Crippen molar-refractivity contribution in [3.8, 4) is 11.5 Å². The maximum atomic E-state index is 12.2. The highest BCUT2D eigenvalue weighted by Gasteiger charge is 2.33. The van der Waals surface area contributed by atoms with Crippen molar-refractivity contribution in [2.24, 2.45) is 0 Å². The molecule has 0 saturated heterocycles. The summed E-state index contributed by atoms with van der Waals surface area (Å²) >= 11 is 0. The topological polar surface area (TPSA) is 93.1 Å². The second-order valence-electron chi connectivity index (χ2n) is 4.64. The van der Waals surface area contributed by atoms with Gasteiger partial charge >= 0.3 is 5.97 Å². The van der Waals surface area contributed by atoms with Crippen molar-refractivity contribution in [3.63, 3.8) is 0 Å². The van der Waals surface area contributed by atoms with Gasteiger partial charge in [-0.25, -0.2) is 8.42 Å². The van der Waals surface area contributed by atoms with E-state index in [2.05, 4.69) is 0 Å². The summed E-state index contributed by atoms with van der Waals surface area (Å²) in [5.74, 6) is -0.185. The van der Waals surface area contributed by atoms with Gasteiger partial charge in [-0.2, -0.15) is 4.31 Å². The predicted molar refractivity (Wildman–Crippen MR) is 74.7 cm³/mol. The van der Waals surface area contributed by atoms with Crippen LogP contribution in [-0.2, 0) is 21.4 Å². The Hall–Kier alpha value is -1.80. The van der Waals surface area contributed by atoms with Gasteiger partial charge in [0, 0.05) is 13.1 Å². The molecule has 1 atom stereocenters. The molecule has 1 aromatic rings. The van der Waals surface area contributed by atoms with Gasteiger partial charge in [-0.1, -0.05) is 13.0 Å². The van der Waals surface area contributed by atoms with Crippen LogP contribution in [0.2, 0.25) is 0 Å². The van der Waals surface area contributed by atoms with Crippen LogP contribution in [-0.4, -0.2) is 42.4 Å². The fourth-order valence-electron chi connectivity index (χ4n) is 1.98. The number of hydrogen-bond acceptors (Lipinski definition) is 5. The zero-order valence-corrected chi connectivity index (χ0v) is 12.6. The van der Waals surface area contributed by atoms with Crippen molar-refractivity contribution in [1.29, 1.82) is 0 Å². The first-order valence-electron chi connectivity index (χ1n) is 6.46. The number of carboxylic acid groups (broad SMARTS) is 1. The quantitative estimate of drug-likeness (QED) is 0.843. The van der Waals surface area contributed by atoms with E-state index in [1.165, 1.54) is 6.92 Å². The summed E-state index contributed by atoms with van der Waals surface area (Å²) in [6.07, 6.45) is 0. The second-order valence-corrected chi connectivity index (χ2v) is 6.89. The van der Waals surface area contributed by atoms with E-state index < -0.39 is 21.2 Å². The first kappa shape index (κ1) is 15.6. The molecule has 0 radical (unpaired) electrons. The molecule has 0 saturated carbocycles. The molecule has 8 heteroatoms. The van der Waals surface area contributed by atoms with Gasteiger partial charge in [-0.05, 0) is 24.6 Å². The molecule has 0 aliphatic carbocycles. The molecule has 7 nitrogen and oxygen atoms in total. The summed E-state index contributed by atoms with van der Waals surface area (Å²) in [4.78, 5) is 10.9. The molecule has 1 unspecified atom stereocenters. The van der Waals surface area contributed by atoms with Crippen molar-refractivity contribution < 1.29 is 27.8 Å². The Morgan fingerprint density at radius 2 is 2.05 bits per heavy atom. The first-order chi connectivity index (χ1) is 9.86. The number of ether oxygens (including phenoxy) is 2. The van der Waals surface area contributed by atoms with Crippen LogP contribution in [0.15, 0.2) is 18.2 Å². The van der Waals surface area contributed by atoms with E-state index in [4.69, 9.17) is 14.6 Å². The Morgan fingerprint density at radius 3 is 2.67 bits per heavy atom. The van der Waals surface area contributed by atoms with E-state index in [0.717, 1.165) is 4.31 Å². The minimum atomic E-state index is -3.90. The number of benzene rings is 1. The third-order valence-corrected chi connectivity index (χ3v) is 5.51. The summed E-state index contributed by atoms with van der Waals surface area (Å²) in [7, 11) is -3.90. The van der Waals surface area contributed by atoms with Crippen molar-refractivity contribution in [2.75, 3.05) is 13.3 Å². The number of aliphatic carboxylic acids is 1. The van der Waals surface area contributed by atoms with E-state index in [9.17, 15) is 13.2 Å². The predicted octanol–water partition coefficient (Wildman–Crippen LogP) is 1.04. The number of carbonyl (C=O) groups is 1. The van der Waals surface area contributed by atoms with Gasteiger partial charge < -0.3 is 14.6 Å². The van der Waals surface area contributed by atoms with Crippen LogP contribution in [0.4, 0.5) is 0 Å². The van der Waals surface area contributed by atoms with E-state index in [-0.39, 0.29) is 19.9 Å². The average Bonchev–Trinajstić information content (AvgIpc) is 2.90. The van der Waals surface area contributed by atoms with Gasteiger partial charge in [0.05, 0.1) is 0 Å². The molecular weight excluding hydrogens is 298 g/mol. The SMILES string of the molecule is CCN(Cc1ccc2c(c1)OCO2)S(=O)(=O)C(C)C(=O)O. The number of nitrogens with zero attached hydrogens (tertiary/aromatic N) is 1. The smallest absolute Gasteiger partial charge is 0.323 e. The fraction of sp³-hybridized carbons (Fsp3) is 0.462. The first-order valence-corrected chi connectivity index (χ1v) is 7.97. The van der Waals surface area contributed by atoms with Gasteiger partial charge in [-0.3, -0.25) is 4.79 Å². The van der Waals surface area contributed by atoms with Crippen molar-refractivity contribution in [3.05, 3.63) is 23.8 Å². The molecule has 1 heterocycles. The van der Waals surface area contributed by atoms with E-state index >= 15 is 0 Å². The van der Waals surface area contributed by atoms with Crippen molar-refractivity contribution >= 4 is 16.0 Å². The van der Waals surface area contributed by atoms with E-state index in [1.807, 2.05) is 0 Å². The Labute approximate surface area is 123 Å². The molecule has 21 heavy (non-hydrogen) atoms. The summed E-state index contributed by atoms with van der Waals surface area (Å²) in [6, 6.07) is 5.14. The lowest BCUT2D eigenvalue weighted by Crippen LogP contribution is -2.40. The monoisotopic (exact) mass is 315 g/mol. The molecular formula is C13H17NO6S. The summed E-state index contributed by atoms with van der Waals surface area (Å²) in [5.41, 5.74) is 0.710. The van der Waals surface area contributed by atoms with Crippen LogP contribution in [0.25, 0.3) is 0 Å². The van der Waals surface area contributed by atoms with E-state index in [1.54, 1.807) is 25.1 Å². The van der Waals surface area contributed by atoms with Crippen LogP contribution >= 0.6 is 0 Å².